The average Bonchev–Trinajstić information content (AvgIpc) is 2.55. The molecule has 2 heterocycles. The second-order valence-corrected chi connectivity index (χ2v) is 5.46. The Hall–Kier alpha value is -2.07. The van der Waals surface area contributed by atoms with E-state index in [9.17, 15) is 0 Å². The summed E-state index contributed by atoms with van der Waals surface area (Å²) in [6.45, 7) is 2.65. The molecule has 1 aromatic carbocycles. The molecule has 0 aliphatic carbocycles. The smallest absolute Gasteiger partial charge is 0.119 e. The number of rotatable bonds is 4. The maximum absolute atomic E-state index is 5.94. The third-order valence-electron chi connectivity index (χ3n) is 3.90. The fraction of sp³-hybridized carbons (Fsp3) is 0.353. The number of nitrogens with zero attached hydrogens (tertiary/aromatic N) is 2. The number of nitrogens with two attached hydrogens (primary N) is 1. The molecule has 1 saturated heterocycles. The van der Waals surface area contributed by atoms with E-state index in [1.54, 1.807) is 12.4 Å². The maximum Gasteiger partial charge on any atom is 0.119 e. The van der Waals surface area contributed by atoms with Gasteiger partial charge >= 0.3 is 0 Å². The van der Waals surface area contributed by atoms with Crippen LogP contribution in [0, 0.1) is 0 Å². The molecule has 21 heavy (non-hydrogen) atoms. The second-order valence-electron chi connectivity index (χ2n) is 5.46. The first-order valence-corrected chi connectivity index (χ1v) is 7.43. The first-order valence-electron chi connectivity index (χ1n) is 7.43. The number of aromatic nitrogens is 1. The van der Waals surface area contributed by atoms with Crippen LogP contribution in [0.1, 0.15) is 18.4 Å². The van der Waals surface area contributed by atoms with Gasteiger partial charge in [-0.25, -0.2) is 0 Å². The van der Waals surface area contributed by atoms with Gasteiger partial charge in [0.05, 0.1) is 0 Å². The average molecular weight is 283 g/mol. The molecule has 0 atom stereocenters. The molecular formula is C17H21N3O. The molecule has 0 spiro atoms. The highest BCUT2D eigenvalue weighted by Gasteiger charge is 2.16. The summed E-state index contributed by atoms with van der Waals surface area (Å²) < 4.78 is 5.79. The monoisotopic (exact) mass is 283 g/mol. The topological polar surface area (TPSA) is 51.4 Å². The Bertz CT molecular complexity index is 548. The number of hydrogen-bond donors (Lipinski definition) is 1. The fourth-order valence-electron chi connectivity index (χ4n) is 2.56. The standard InChI is InChI=1S/C17H21N3O/c18-15-7-11-20(12-8-15)16-1-3-17(4-2-16)21-13-14-5-9-19-10-6-14/h1-6,9-10,15H,7-8,11-13,18H2. The van der Waals surface area contributed by atoms with Crippen molar-refractivity contribution >= 4 is 5.69 Å². The lowest BCUT2D eigenvalue weighted by atomic mass is 10.1. The van der Waals surface area contributed by atoms with Crippen LogP contribution in [-0.2, 0) is 6.61 Å². The van der Waals surface area contributed by atoms with Crippen LogP contribution >= 0.6 is 0 Å². The van der Waals surface area contributed by atoms with Crippen molar-refractivity contribution in [1.29, 1.82) is 0 Å². The van der Waals surface area contributed by atoms with Crippen molar-refractivity contribution in [2.24, 2.45) is 5.73 Å². The molecule has 0 amide bonds. The van der Waals surface area contributed by atoms with Gasteiger partial charge in [0, 0.05) is 37.2 Å². The molecule has 4 nitrogen and oxygen atoms in total. The van der Waals surface area contributed by atoms with Crippen LogP contribution in [0.25, 0.3) is 0 Å². The van der Waals surface area contributed by atoms with Gasteiger partial charge in [0.15, 0.2) is 0 Å². The number of hydrogen-bond acceptors (Lipinski definition) is 4. The predicted octanol–water partition coefficient (Wildman–Crippen LogP) is 2.59. The molecule has 3 rings (SSSR count). The van der Waals surface area contributed by atoms with Crippen molar-refractivity contribution in [2.75, 3.05) is 18.0 Å². The van der Waals surface area contributed by atoms with Gasteiger partial charge in [-0.3, -0.25) is 4.98 Å². The minimum absolute atomic E-state index is 0.365. The molecule has 1 aromatic heterocycles. The van der Waals surface area contributed by atoms with E-state index < -0.39 is 0 Å². The van der Waals surface area contributed by atoms with Gasteiger partial charge in [-0.15, -0.1) is 0 Å². The molecule has 1 fully saturated rings. The number of benzene rings is 1. The van der Waals surface area contributed by atoms with Gasteiger partial charge < -0.3 is 15.4 Å². The Morgan fingerprint density at radius 3 is 2.38 bits per heavy atom. The highest BCUT2D eigenvalue weighted by molar-refractivity contribution is 5.49. The lowest BCUT2D eigenvalue weighted by Crippen LogP contribution is -2.39. The van der Waals surface area contributed by atoms with Crippen LogP contribution in [0.4, 0.5) is 5.69 Å². The van der Waals surface area contributed by atoms with E-state index in [-0.39, 0.29) is 0 Å². The minimum atomic E-state index is 0.365. The first kappa shape index (κ1) is 13.9. The molecule has 0 radical (unpaired) electrons. The molecule has 1 aliphatic rings. The lowest BCUT2D eigenvalue weighted by Gasteiger charge is -2.32. The summed E-state index contributed by atoms with van der Waals surface area (Å²) in [6.07, 6.45) is 5.70. The van der Waals surface area contributed by atoms with Gasteiger partial charge in [-0.1, -0.05) is 0 Å². The van der Waals surface area contributed by atoms with Crippen molar-refractivity contribution in [3.63, 3.8) is 0 Å². The maximum atomic E-state index is 5.94. The zero-order valence-corrected chi connectivity index (χ0v) is 12.1. The summed E-state index contributed by atoms with van der Waals surface area (Å²) in [7, 11) is 0. The van der Waals surface area contributed by atoms with Crippen molar-refractivity contribution < 1.29 is 4.74 Å². The zero-order valence-electron chi connectivity index (χ0n) is 12.1. The van der Waals surface area contributed by atoms with Gasteiger partial charge in [0.25, 0.3) is 0 Å². The number of anilines is 1. The zero-order chi connectivity index (χ0) is 14.5. The molecule has 110 valence electrons. The molecule has 2 aromatic rings. The number of ether oxygens (including phenoxy) is 1. The Labute approximate surface area is 125 Å². The van der Waals surface area contributed by atoms with E-state index in [0.29, 0.717) is 12.6 Å². The summed E-state index contributed by atoms with van der Waals surface area (Å²) in [5.41, 5.74) is 8.32. The van der Waals surface area contributed by atoms with E-state index in [0.717, 1.165) is 37.2 Å². The van der Waals surface area contributed by atoms with Gasteiger partial charge in [-0.2, -0.15) is 0 Å². The van der Waals surface area contributed by atoms with E-state index in [1.165, 1.54) is 5.69 Å². The Balaban J connectivity index is 1.57. The van der Waals surface area contributed by atoms with E-state index in [1.807, 2.05) is 24.3 Å². The van der Waals surface area contributed by atoms with Crippen LogP contribution in [0.2, 0.25) is 0 Å². The van der Waals surface area contributed by atoms with Crippen LogP contribution in [-0.4, -0.2) is 24.1 Å². The molecule has 0 bridgehead atoms. The quantitative estimate of drug-likeness (QED) is 0.937. The van der Waals surface area contributed by atoms with Gasteiger partial charge in [0.1, 0.15) is 12.4 Å². The summed E-state index contributed by atoms with van der Waals surface area (Å²) in [5.74, 6) is 0.893. The van der Waals surface area contributed by atoms with Crippen molar-refractivity contribution in [1.82, 2.24) is 4.98 Å². The fourth-order valence-corrected chi connectivity index (χ4v) is 2.56. The number of piperidine rings is 1. The Kier molecular flexibility index (Phi) is 4.36. The molecule has 0 unspecified atom stereocenters. The van der Waals surface area contributed by atoms with E-state index in [2.05, 4.69) is 22.0 Å². The predicted molar refractivity (Wildman–Crippen MR) is 84.4 cm³/mol. The second kappa shape index (κ2) is 6.59. The van der Waals surface area contributed by atoms with E-state index in [4.69, 9.17) is 10.5 Å². The largest absolute Gasteiger partial charge is 0.489 e. The van der Waals surface area contributed by atoms with Crippen molar-refractivity contribution in [3.05, 3.63) is 54.4 Å². The van der Waals surface area contributed by atoms with Crippen LogP contribution in [0.5, 0.6) is 5.75 Å². The number of pyridine rings is 1. The molecule has 2 N–H and O–H groups in total. The molecule has 0 saturated carbocycles. The first-order chi connectivity index (χ1) is 10.3. The molecule has 4 heteroatoms. The van der Waals surface area contributed by atoms with Gasteiger partial charge in [-0.05, 0) is 54.8 Å². The van der Waals surface area contributed by atoms with Gasteiger partial charge in [0.2, 0.25) is 0 Å². The Morgan fingerprint density at radius 1 is 1.05 bits per heavy atom. The Morgan fingerprint density at radius 2 is 1.71 bits per heavy atom. The normalized spacial score (nSPS) is 16.0. The summed E-state index contributed by atoms with van der Waals surface area (Å²) in [4.78, 5) is 6.38. The van der Waals surface area contributed by atoms with Crippen molar-refractivity contribution in [3.8, 4) is 5.75 Å². The van der Waals surface area contributed by atoms with Crippen LogP contribution < -0.4 is 15.4 Å². The summed E-state index contributed by atoms with van der Waals surface area (Å²) >= 11 is 0. The molecule has 1 aliphatic heterocycles. The summed E-state index contributed by atoms with van der Waals surface area (Å²) in [6, 6.07) is 12.6. The van der Waals surface area contributed by atoms with Crippen LogP contribution in [0.3, 0.4) is 0 Å². The summed E-state index contributed by atoms with van der Waals surface area (Å²) in [5, 5.41) is 0. The van der Waals surface area contributed by atoms with Crippen molar-refractivity contribution in [2.45, 2.75) is 25.5 Å². The minimum Gasteiger partial charge on any atom is -0.489 e. The lowest BCUT2D eigenvalue weighted by molar-refractivity contribution is 0.306. The highest BCUT2D eigenvalue weighted by Crippen LogP contribution is 2.23. The van der Waals surface area contributed by atoms with Crippen LogP contribution in [0.15, 0.2) is 48.8 Å². The molecular weight excluding hydrogens is 262 g/mol. The van der Waals surface area contributed by atoms with E-state index >= 15 is 0 Å². The third kappa shape index (κ3) is 3.73. The third-order valence-corrected chi connectivity index (χ3v) is 3.90. The SMILES string of the molecule is NC1CCN(c2ccc(OCc3ccncc3)cc2)CC1. The highest BCUT2D eigenvalue weighted by atomic mass is 16.5.